The van der Waals surface area contributed by atoms with Gasteiger partial charge in [0.1, 0.15) is 5.78 Å². The third kappa shape index (κ3) is 4.29. The van der Waals surface area contributed by atoms with E-state index in [0.29, 0.717) is 11.7 Å². The van der Waals surface area contributed by atoms with Crippen molar-refractivity contribution < 1.29 is 4.79 Å². The first-order valence-corrected chi connectivity index (χ1v) is 7.43. The lowest BCUT2D eigenvalue weighted by atomic mass is 9.84. The van der Waals surface area contributed by atoms with Crippen LogP contribution in [0.15, 0.2) is 30.3 Å². The summed E-state index contributed by atoms with van der Waals surface area (Å²) in [5.74, 6) is 0.930. The van der Waals surface area contributed by atoms with E-state index in [0.717, 1.165) is 25.7 Å². The Labute approximate surface area is 111 Å². The van der Waals surface area contributed by atoms with Gasteiger partial charge in [0, 0.05) is 12.3 Å². The van der Waals surface area contributed by atoms with Gasteiger partial charge in [0.2, 0.25) is 0 Å². The fourth-order valence-corrected chi connectivity index (χ4v) is 2.90. The minimum absolute atomic E-state index is 0.399. The van der Waals surface area contributed by atoms with Crippen LogP contribution in [0.4, 0.5) is 0 Å². The quantitative estimate of drug-likeness (QED) is 0.671. The lowest BCUT2D eigenvalue weighted by molar-refractivity contribution is -0.124. The van der Waals surface area contributed by atoms with Gasteiger partial charge in [0.15, 0.2) is 0 Å². The Balaban J connectivity index is 1.57. The van der Waals surface area contributed by atoms with Crippen LogP contribution in [0.3, 0.4) is 0 Å². The molecule has 0 amide bonds. The molecule has 1 nitrogen and oxygen atoms in total. The molecule has 1 unspecified atom stereocenters. The van der Waals surface area contributed by atoms with Crippen LogP contribution in [0.1, 0.15) is 56.9 Å². The number of ketones is 1. The molecule has 1 aromatic rings. The van der Waals surface area contributed by atoms with Gasteiger partial charge >= 0.3 is 0 Å². The van der Waals surface area contributed by atoms with Crippen molar-refractivity contribution in [3.05, 3.63) is 35.9 Å². The zero-order valence-corrected chi connectivity index (χ0v) is 11.2. The molecule has 0 radical (unpaired) electrons. The molecule has 0 bridgehead atoms. The van der Waals surface area contributed by atoms with E-state index < -0.39 is 0 Å². The zero-order valence-electron chi connectivity index (χ0n) is 11.2. The second-order valence-corrected chi connectivity index (χ2v) is 5.49. The molecular formula is C17H24O. The topological polar surface area (TPSA) is 17.1 Å². The fourth-order valence-electron chi connectivity index (χ4n) is 2.90. The summed E-state index contributed by atoms with van der Waals surface area (Å²) in [6.45, 7) is 0. The average Bonchev–Trinajstić information content (AvgIpc) is 2.42. The van der Waals surface area contributed by atoms with E-state index in [2.05, 4.69) is 30.3 Å². The van der Waals surface area contributed by atoms with Crippen molar-refractivity contribution in [2.75, 3.05) is 0 Å². The molecule has 18 heavy (non-hydrogen) atoms. The Morgan fingerprint density at radius 2 is 1.83 bits per heavy atom. The minimum atomic E-state index is 0.399. The van der Waals surface area contributed by atoms with Crippen LogP contribution in [0.2, 0.25) is 0 Å². The highest BCUT2D eigenvalue weighted by atomic mass is 16.1. The largest absolute Gasteiger partial charge is 0.299 e. The molecule has 0 spiro atoms. The van der Waals surface area contributed by atoms with Crippen molar-refractivity contribution in [3.8, 4) is 0 Å². The normalized spacial score (nSPS) is 20.0. The highest BCUT2D eigenvalue weighted by Crippen LogP contribution is 2.25. The highest BCUT2D eigenvalue weighted by Gasteiger charge is 2.21. The summed E-state index contributed by atoms with van der Waals surface area (Å²) in [6, 6.07) is 10.7. The maximum Gasteiger partial charge on any atom is 0.135 e. The van der Waals surface area contributed by atoms with E-state index in [1.807, 2.05) is 0 Å². The van der Waals surface area contributed by atoms with Crippen molar-refractivity contribution in [3.63, 3.8) is 0 Å². The summed E-state index contributed by atoms with van der Waals surface area (Å²) in [5.41, 5.74) is 1.44. The number of rotatable bonds is 6. The van der Waals surface area contributed by atoms with Gasteiger partial charge in [-0.3, -0.25) is 4.79 Å². The Bertz CT molecular complexity index is 355. The maximum atomic E-state index is 11.7. The molecule has 0 aromatic heterocycles. The number of unbranched alkanes of at least 4 members (excludes halogenated alkanes) is 2. The summed E-state index contributed by atoms with van der Waals surface area (Å²) in [5, 5.41) is 0. The van der Waals surface area contributed by atoms with Gasteiger partial charge in [0.05, 0.1) is 0 Å². The number of aryl methyl sites for hydroxylation is 1. The van der Waals surface area contributed by atoms with Crippen LogP contribution < -0.4 is 0 Å². The zero-order chi connectivity index (χ0) is 12.6. The van der Waals surface area contributed by atoms with E-state index in [1.54, 1.807) is 0 Å². The predicted octanol–water partition coefficient (Wildman–Crippen LogP) is 4.55. The van der Waals surface area contributed by atoms with E-state index >= 15 is 0 Å². The van der Waals surface area contributed by atoms with E-state index in [4.69, 9.17) is 0 Å². The van der Waals surface area contributed by atoms with Crippen molar-refractivity contribution in [1.29, 1.82) is 0 Å². The van der Waals surface area contributed by atoms with E-state index in [-0.39, 0.29) is 0 Å². The molecule has 98 valence electrons. The molecule has 1 heteroatoms. The molecule has 1 saturated carbocycles. The van der Waals surface area contributed by atoms with Crippen molar-refractivity contribution in [2.24, 2.45) is 5.92 Å². The maximum absolute atomic E-state index is 11.7. The van der Waals surface area contributed by atoms with Gasteiger partial charge in [0.25, 0.3) is 0 Å². The van der Waals surface area contributed by atoms with Crippen LogP contribution in [-0.2, 0) is 11.2 Å². The number of carbonyl (C=O) groups is 1. The first-order chi connectivity index (χ1) is 8.86. The molecular weight excluding hydrogens is 220 g/mol. The summed E-state index contributed by atoms with van der Waals surface area (Å²) >= 11 is 0. The first kappa shape index (κ1) is 13.3. The van der Waals surface area contributed by atoms with Gasteiger partial charge in [-0.1, -0.05) is 49.6 Å². The summed E-state index contributed by atoms with van der Waals surface area (Å²) < 4.78 is 0. The number of benzene rings is 1. The molecule has 1 fully saturated rings. The molecule has 0 saturated heterocycles. The third-order valence-electron chi connectivity index (χ3n) is 4.04. The van der Waals surface area contributed by atoms with Crippen LogP contribution >= 0.6 is 0 Å². The summed E-state index contributed by atoms with van der Waals surface area (Å²) in [7, 11) is 0. The Morgan fingerprint density at radius 1 is 1.00 bits per heavy atom. The predicted molar refractivity (Wildman–Crippen MR) is 75.6 cm³/mol. The Hall–Kier alpha value is -1.11. The molecule has 0 N–H and O–H groups in total. The third-order valence-corrected chi connectivity index (χ3v) is 4.04. The molecule has 1 aliphatic carbocycles. The standard InChI is InChI=1S/C17H24O/c18-17-14-8-7-13-16(17)12-6-2-5-11-15-9-3-1-4-10-15/h1,3-4,9-10,16H,2,5-8,11-14H2. The lowest BCUT2D eigenvalue weighted by Gasteiger charge is -2.20. The second-order valence-electron chi connectivity index (χ2n) is 5.49. The van der Waals surface area contributed by atoms with E-state index in [1.165, 1.54) is 37.7 Å². The number of carbonyl (C=O) groups excluding carboxylic acids is 1. The SMILES string of the molecule is O=C1CCCCC1CCCCCc1ccccc1. The van der Waals surface area contributed by atoms with Gasteiger partial charge in [-0.15, -0.1) is 0 Å². The molecule has 1 aromatic carbocycles. The average molecular weight is 244 g/mol. The van der Waals surface area contributed by atoms with Crippen LogP contribution in [0.5, 0.6) is 0 Å². The van der Waals surface area contributed by atoms with Crippen molar-refractivity contribution >= 4 is 5.78 Å². The van der Waals surface area contributed by atoms with Crippen LogP contribution in [-0.4, -0.2) is 5.78 Å². The van der Waals surface area contributed by atoms with Gasteiger partial charge in [-0.2, -0.15) is 0 Å². The first-order valence-electron chi connectivity index (χ1n) is 7.43. The highest BCUT2D eigenvalue weighted by molar-refractivity contribution is 5.81. The smallest absolute Gasteiger partial charge is 0.135 e. The van der Waals surface area contributed by atoms with Gasteiger partial charge < -0.3 is 0 Å². The number of Topliss-reactive ketones (excluding diaryl/α,β-unsaturated/α-hetero) is 1. The molecule has 1 aliphatic rings. The lowest BCUT2D eigenvalue weighted by Crippen LogP contribution is -2.18. The van der Waals surface area contributed by atoms with Crippen molar-refractivity contribution in [1.82, 2.24) is 0 Å². The number of hydrogen-bond donors (Lipinski definition) is 0. The van der Waals surface area contributed by atoms with E-state index in [9.17, 15) is 4.79 Å². The van der Waals surface area contributed by atoms with Crippen molar-refractivity contribution in [2.45, 2.75) is 57.8 Å². The molecule has 1 atom stereocenters. The van der Waals surface area contributed by atoms with Crippen LogP contribution in [0, 0.1) is 5.92 Å². The summed E-state index contributed by atoms with van der Waals surface area (Å²) in [4.78, 5) is 11.7. The molecule has 2 rings (SSSR count). The van der Waals surface area contributed by atoms with Crippen LogP contribution in [0.25, 0.3) is 0 Å². The Morgan fingerprint density at radius 3 is 2.61 bits per heavy atom. The number of hydrogen-bond acceptors (Lipinski definition) is 1. The second kappa shape index (κ2) is 7.35. The summed E-state index contributed by atoms with van der Waals surface area (Å²) in [6.07, 6.45) is 10.4. The Kier molecular flexibility index (Phi) is 5.44. The molecule has 0 aliphatic heterocycles. The molecule has 0 heterocycles. The monoisotopic (exact) mass is 244 g/mol. The van der Waals surface area contributed by atoms with Gasteiger partial charge in [-0.05, 0) is 37.7 Å². The van der Waals surface area contributed by atoms with Gasteiger partial charge in [-0.25, -0.2) is 0 Å². The fraction of sp³-hybridized carbons (Fsp3) is 0.588. The minimum Gasteiger partial charge on any atom is -0.299 e.